The van der Waals surface area contributed by atoms with Crippen molar-refractivity contribution >= 4 is 27.8 Å². The van der Waals surface area contributed by atoms with Crippen molar-refractivity contribution in [3.8, 4) is 11.5 Å². The highest BCUT2D eigenvalue weighted by molar-refractivity contribution is 6.05. The number of imidazole rings is 1. The molecule has 5 aromatic rings. The Bertz CT molecular complexity index is 1420. The number of aromatic nitrogens is 2. The molecule has 7 nitrogen and oxygen atoms in total. The lowest BCUT2D eigenvalue weighted by Gasteiger charge is -2.19. The molecule has 33 heavy (non-hydrogen) atoms. The normalized spacial score (nSPS) is 12.1. The minimum atomic E-state index is -0.424. The first-order chi connectivity index (χ1) is 16.1. The van der Waals surface area contributed by atoms with Crippen molar-refractivity contribution in [1.82, 2.24) is 14.9 Å². The van der Waals surface area contributed by atoms with E-state index >= 15 is 0 Å². The Morgan fingerprint density at radius 1 is 1.03 bits per heavy atom. The van der Waals surface area contributed by atoms with Gasteiger partial charge in [0.1, 0.15) is 34.5 Å². The molecule has 0 aliphatic carbocycles. The molecule has 1 unspecified atom stereocenters. The van der Waals surface area contributed by atoms with Crippen LogP contribution in [-0.4, -0.2) is 29.2 Å². The highest BCUT2D eigenvalue weighted by Crippen LogP contribution is 2.31. The maximum atomic E-state index is 12.8. The number of para-hydroxylation sites is 1. The maximum Gasteiger partial charge on any atom is 0.258 e. The van der Waals surface area contributed by atoms with Crippen LogP contribution in [0.1, 0.15) is 17.4 Å². The molecule has 0 bridgehead atoms. The van der Waals surface area contributed by atoms with Gasteiger partial charge < -0.3 is 23.8 Å². The van der Waals surface area contributed by atoms with E-state index in [-0.39, 0.29) is 12.5 Å². The number of methoxy groups -OCH3 is 1. The van der Waals surface area contributed by atoms with Crippen LogP contribution in [-0.2, 0) is 11.8 Å². The van der Waals surface area contributed by atoms with E-state index in [0.29, 0.717) is 5.75 Å². The topological polar surface area (TPSA) is 78.5 Å². The molecular weight excluding hydrogens is 418 g/mol. The van der Waals surface area contributed by atoms with E-state index in [1.54, 1.807) is 19.4 Å². The summed E-state index contributed by atoms with van der Waals surface area (Å²) < 4.78 is 18.8. The van der Waals surface area contributed by atoms with Crippen LogP contribution >= 0.6 is 0 Å². The van der Waals surface area contributed by atoms with Crippen molar-refractivity contribution in [2.75, 3.05) is 13.7 Å². The van der Waals surface area contributed by atoms with Gasteiger partial charge in [-0.2, -0.15) is 0 Å². The van der Waals surface area contributed by atoms with Crippen LogP contribution in [0.3, 0.4) is 0 Å². The van der Waals surface area contributed by atoms with Crippen LogP contribution < -0.4 is 14.8 Å². The predicted molar refractivity (Wildman–Crippen MR) is 125 cm³/mol. The molecule has 5 rings (SSSR count). The number of benzene rings is 3. The van der Waals surface area contributed by atoms with Crippen LogP contribution in [0.25, 0.3) is 21.9 Å². The molecular formula is C26H23N3O4. The van der Waals surface area contributed by atoms with E-state index in [0.717, 1.165) is 39.1 Å². The second-order valence-electron chi connectivity index (χ2n) is 7.71. The number of furan rings is 1. The van der Waals surface area contributed by atoms with Crippen molar-refractivity contribution in [3.05, 3.63) is 90.5 Å². The third-order valence-electron chi connectivity index (χ3n) is 5.59. The summed E-state index contributed by atoms with van der Waals surface area (Å²) >= 11 is 0. The first-order valence-electron chi connectivity index (χ1n) is 10.6. The van der Waals surface area contributed by atoms with Crippen molar-refractivity contribution in [1.29, 1.82) is 0 Å². The second-order valence-corrected chi connectivity index (χ2v) is 7.71. The first kappa shape index (κ1) is 20.6. The number of ether oxygens (including phenoxy) is 2. The molecule has 0 fully saturated rings. The summed E-state index contributed by atoms with van der Waals surface area (Å²) in [4.78, 5) is 17.3. The quantitative estimate of drug-likeness (QED) is 0.399. The Morgan fingerprint density at radius 3 is 2.55 bits per heavy atom. The Balaban J connectivity index is 1.33. The molecule has 0 saturated heterocycles. The SMILES string of the molecule is COc1ccc(C(NC(=O)COc2ccc3oc4ccccc4c3c2)c2nccn2C)cc1. The summed E-state index contributed by atoms with van der Waals surface area (Å²) in [5.41, 5.74) is 2.49. The minimum Gasteiger partial charge on any atom is -0.497 e. The van der Waals surface area contributed by atoms with E-state index in [1.165, 1.54) is 0 Å². The van der Waals surface area contributed by atoms with Gasteiger partial charge in [0.05, 0.1) is 7.11 Å². The number of aryl methyl sites for hydroxylation is 1. The van der Waals surface area contributed by atoms with Crippen molar-refractivity contribution < 1.29 is 18.7 Å². The number of rotatable bonds is 7. The molecule has 0 aliphatic rings. The number of nitrogens with zero attached hydrogens (tertiary/aromatic N) is 2. The van der Waals surface area contributed by atoms with Crippen molar-refractivity contribution in [2.24, 2.45) is 7.05 Å². The molecule has 166 valence electrons. The number of hydrogen-bond acceptors (Lipinski definition) is 5. The Kier molecular flexibility index (Phi) is 5.44. The minimum absolute atomic E-state index is 0.127. The fourth-order valence-corrected chi connectivity index (χ4v) is 3.90. The molecule has 2 aromatic heterocycles. The third kappa shape index (κ3) is 4.13. The zero-order valence-corrected chi connectivity index (χ0v) is 18.3. The lowest BCUT2D eigenvalue weighted by atomic mass is 10.1. The third-order valence-corrected chi connectivity index (χ3v) is 5.59. The summed E-state index contributed by atoms with van der Waals surface area (Å²) in [6.45, 7) is -0.127. The molecule has 1 amide bonds. The molecule has 0 spiro atoms. The van der Waals surface area contributed by atoms with Crippen molar-refractivity contribution in [2.45, 2.75) is 6.04 Å². The highest BCUT2D eigenvalue weighted by Gasteiger charge is 2.21. The molecule has 0 saturated carbocycles. The summed E-state index contributed by atoms with van der Waals surface area (Å²) in [6, 6.07) is 20.5. The Hall–Kier alpha value is -4.26. The van der Waals surface area contributed by atoms with Crippen LogP contribution in [0.5, 0.6) is 11.5 Å². The first-order valence-corrected chi connectivity index (χ1v) is 10.6. The van der Waals surface area contributed by atoms with Gasteiger partial charge in [0, 0.05) is 30.2 Å². The van der Waals surface area contributed by atoms with Crippen molar-refractivity contribution in [3.63, 3.8) is 0 Å². The van der Waals surface area contributed by atoms with Gasteiger partial charge in [-0.3, -0.25) is 4.79 Å². The fourth-order valence-electron chi connectivity index (χ4n) is 3.90. The molecule has 0 aliphatic heterocycles. The maximum absolute atomic E-state index is 12.8. The lowest BCUT2D eigenvalue weighted by molar-refractivity contribution is -0.123. The zero-order valence-electron chi connectivity index (χ0n) is 18.3. The smallest absolute Gasteiger partial charge is 0.258 e. The summed E-state index contributed by atoms with van der Waals surface area (Å²) in [5.74, 6) is 1.81. The molecule has 1 atom stereocenters. The van der Waals surface area contributed by atoms with Gasteiger partial charge in [-0.25, -0.2) is 4.98 Å². The average molecular weight is 441 g/mol. The Labute approximate surface area is 190 Å². The van der Waals surface area contributed by atoms with Gasteiger partial charge in [0.25, 0.3) is 5.91 Å². The zero-order chi connectivity index (χ0) is 22.8. The van der Waals surface area contributed by atoms with E-state index in [4.69, 9.17) is 13.9 Å². The van der Waals surface area contributed by atoms with E-state index in [2.05, 4.69) is 10.3 Å². The van der Waals surface area contributed by atoms with Crippen LogP contribution in [0, 0.1) is 0 Å². The summed E-state index contributed by atoms with van der Waals surface area (Å²) in [6.07, 6.45) is 3.55. The van der Waals surface area contributed by atoms with Gasteiger partial charge in [-0.15, -0.1) is 0 Å². The van der Waals surface area contributed by atoms with Gasteiger partial charge in [-0.1, -0.05) is 30.3 Å². The highest BCUT2D eigenvalue weighted by atomic mass is 16.5. The molecule has 3 aromatic carbocycles. The predicted octanol–water partition coefficient (Wildman–Crippen LogP) is 4.61. The van der Waals surface area contributed by atoms with Crippen LogP contribution in [0.4, 0.5) is 0 Å². The number of nitrogens with one attached hydrogen (secondary N) is 1. The number of hydrogen-bond donors (Lipinski definition) is 1. The van der Waals surface area contributed by atoms with Gasteiger partial charge in [-0.05, 0) is 42.0 Å². The molecule has 1 N–H and O–H groups in total. The van der Waals surface area contributed by atoms with E-state index < -0.39 is 6.04 Å². The van der Waals surface area contributed by atoms with Gasteiger partial charge >= 0.3 is 0 Å². The van der Waals surface area contributed by atoms with E-state index in [1.807, 2.05) is 78.5 Å². The number of amides is 1. The summed E-state index contributed by atoms with van der Waals surface area (Å²) in [5, 5.41) is 5.00. The summed E-state index contributed by atoms with van der Waals surface area (Å²) in [7, 11) is 3.51. The van der Waals surface area contributed by atoms with Crippen LogP contribution in [0.15, 0.2) is 83.5 Å². The van der Waals surface area contributed by atoms with Gasteiger partial charge in [0.2, 0.25) is 0 Å². The number of fused-ring (bicyclic) bond motifs is 3. The standard InChI is InChI=1S/C26H23N3O4/c1-29-14-13-27-26(29)25(17-7-9-18(31-2)10-8-17)28-24(30)16-32-19-11-12-23-21(15-19)20-5-3-4-6-22(20)33-23/h3-15,25H,16H2,1-2H3,(H,28,30). The largest absolute Gasteiger partial charge is 0.497 e. The number of carbonyl (C=O) groups excluding carboxylic acids is 1. The Morgan fingerprint density at radius 2 is 1.79 bits per heavy atom. The molecule has 2 heterocycles. The van der Waals surface area contributed by atoms with E-state index in [9.17, 15) is 4.79 Å². The second kappa shape index (κ2) is 8.70. The monoisotopic (exact) mass is 441 g/mol. The van der Waals surface area contributed by atoms with Gasteiger partial charge in [0.15, 0.2) is 6.61 Å². The molecule has 0 radical (unpaired) electrons. The fraction of sp³-hybridized carbons (Fsp3) is 0.154. The van der Waals surface area contributed by atoms with Crippen LogP contribution in [0.2, 0.25) is 0 Å². The molecule has 7 heteroatoms. The average Bonchev–Trinajstić information content (AvgIpc) is 3.44. The lowest BCUT2D eigenvalue weighted by Crippen LogP contribution is -2.34. The number of carbonyl (C=O) groups is 1.